The van der Waals surface area contributed by atoms with Crippen LogP contribution in [0.2, 0.25) is 0 Å². The molecule has 3 nitrogen and oxygen atoms in total. The molecule has 0 atom stereocenters. The SMILES string of the molecule is Cc1ccc2c(c1)c1cc(C)ccc1n2-c1ccccc1-c1cccc(N(c2ccccc2)c2cccc3c2oc2ccccc23)c1. The summed E-state index contributed by atoms with van der Waals surface area (Å²) in [5.74, 6) is 0. The minimum Gasteiger partial charge on any atom is -0.454 e. The van der Waals surface area contributed by atoms with E-state index < -0.39 is 0 Å². The van der Waals surface area contributed by atoms with E-state index in [1.807, 2.05) is 12.1 Å². The largest absolute Gasteiger partial charge is 0.454 e. The third-order valence-corrected chi connectivity index (χ3v) is 9.28. The van der Waals surface area contributed by atoms with Gasteiger partial charge in [0.2, 0.25) is 0 Å². The third-order valence-electron chi connectivity index (χ3n) is 9.28. The Morgan fingerprint density at radius 2 is 1.13 bits per heavy atom. The van der Waals surface area contributed by atoms with Crippen LogP contribution in [0.4, 0.5) is 17.1 Å². The minimum atomic E-state index is 0.874. The summed E-state index contributed by atoms with van der Waals surface area (Å²) in [5.41, 5.74) is 13.3. The molecular weight excluding hydrogens is 572 g/mol. The lowest BCUT2D eigenvalue weighted by Gasteiger charge is -2.26. The van der Waals surface area contributed by atoms with Gasteiger partial charge in [-0.1, -0.05) is 102 Å². The first-order chi connectivity index (χ1) is 23.1. The summed E-state index contributed by atoms with van der Waals surface area (Å²) in [4.78, 5) is 2.31. The van der Waals surface area contributed by atoms with Gasteiger partial charge in [0.25, 0.3) is 0 Å². The van der Waals surface area contributed by atoms with Crippen LogP contribution in [0.25, 0.3) is 60.6 Å². The summed E-state index contributed by atoms with van der Waals surface area (Å²) in [6.07, 6.45) is 0. The molecule has 0 unspecified atom stereocenters. The monoisotopic (exact) mass is 604 g/mol. The number of hydrogen-bond donors (Lipinski definition) is 0. The zero-order chi connectivity index (χ0) is 31.5. The van der Waals surface area contributed by atoms with Crippen molar-refractivity contribution in [3.05, 3.63) is 169 Å². The molecule has 0 spiro atoms. The summed E-state index contributed by atoms with van der Waals surface area (Å²) in [6, 6.07) is 56.4. The highest BCUT2D eigenvalue weighted by Crippen LogP contribution is 2.43. The fourth-order valence-corrected chi connectivity index (χ4v) is 7.15. The van der Waals surface area contributed by atoms with Gasteiger partial charge in [-0.3, -0.25) is 0 Å². The molecule has 0 fully saturated rings. The van der Waals surface area contributed by atoms with Gasteiger partial charge in [-0.05, 0) is 86.1 Å². The van der Waals surface area contributed by atoms with E-state index in [0.717, 1.165) is 50.3 Å². The van der Waals surface area contributed by atoms with Crippen molar-refractivity contribution in [3.8, 4) is 16.8 Å². The van der Waals surface area contributed by atoms with Crippen LogP contribution < -0.4 is 4.90 Å². The molecule has 0 aliphatic rings. The Balaban J connectivity index is 1.26. The zero-order valence-electron chi connectivity index (χ0n) is 26.3. The molecule has 224 valence electrons. The number of hydrogen-bond acceptors (Lipinski definition) is 2. The average molecular weight is 605 g/mol. The highest BCUT2D eigenvalue weighted by Gasteiger charge is 2.21. The van der Waals surface area contributed by atoms with Gasteiger partial charge in [0.05, 0.1) is 22.4 Å². The van der Waals surface area contributed by atoms with Crippen molar-refractivity contribution < 1.29 is 4.42 Å². The number of rotatable bonds is 5. The van der Waals surface area contributed by atoms with Crippen LogP contribution in [0.5, 0.6) is 0 Å². The van der Waals surface area contributed by atoms with Crippen LogP contribution in [0.15, 0.2) is 162 Å². The van der Waals surface area contributed by atoms with Crippen molar-refractivity contribution in [2.45, 2.75) is 13.8 Å². The van der Waals surface area contributed by atoms with Crippen LogP contribution in [0.3, 0.4) is 0 Å². The van der Waals surface area contributed by atoms with E-state index in [1.54, 1.807) is 0 Å². The molecule has 0 bridgehead atoms. The number of aromatic nitrogens is 1. The van der Waals surface area contributed by atoms with E-state index in [9.17, 15) is 0 Å². The summed E-state index contributed by atoms with van der Waals surface area (Å²) >= 11 is 0. The molecular formula is C44H32N2O. The number of furan rings is 1. The number of anilines is 3. The zero-order valence-corrected chi connectivity index (χ0v) is 26.3. The van der Waals surface area contributed by atoms with Gasteiger partial charge in [0.1, 0.15) is 5.58 Å². The van der Waals surface area contributed by atoms with E-state index in [0.29, 0.717) is 0 Å². The second kappa shape index (κ2) is 10.8. The highest BCUT2D eigenvalue weighted by atomic mass is 16.3. The first-order valence-electron chi connectivity index (χ1n) is 16.1. The van der Waals surface area contributed by atoms with Gasteiger partial charge in [-0.25, -0.2) is 0 Å². The van der Waals surface area contributed by atoms with Gasteiger partial charge in [-0.15, -0.1) is 0 Å². The quantitative estimate of drug-likeness (QED) is 0.195. The Labute approximate surface area is 273 Å². The Bertz CT molecular complexity index is 2550. The van der Waals surface area contributed by atoms with Gasteiger partial charge in [0, 0.05) is 38.5 Å². The smallest absolute Gasteiger partial charge is 0.159 e. The lowest BCUT2D eigenvalue weighted by atomic mass is 10.0. The Hall–Kier alpha value is -6.06. The van der Waals surface area contributed by atoms with E-state index in [4.69, 9.17) is 4.42 Å². The van der Waals surface area contributed by atoms with Crippen molar-refractivity contribution in [3.63, 3.8) is 0 Å². The molecule has 2 heterocycles. The molecule has 0 aliphatic carbocycles. The maximum Gasteiger partial charge on any atom is 0.159 e. The molecule has 0 radical (unpaired) electrons. The van der Waals surface area contributed by atoms with E-state index in [2.05, 4.69) is 169 Å². The predicted molar refractivity (Wildman–Crippen MR) is 198 cm³/mol. The van der Waals surface area contributed by atoms with E-state index in [1.165, 1.54) is 38.5 Å². The van der Waals surface area contributed by atoms with Crippen LogP contribution in [-0.4, -0.2) is 4.57 Å². The fraction of sp³-hybridized carbons (Fsp3) is 0.0455. The van der Waals surface area contributed by atoms with E-state index >= 15 is 0 Å². The van der Waals surface area contributed by atoms with Crippen LogP contribution in [0.1, 0.15) is 11.1 Å². The van der Waals surface area contributed by atoms with Crippen molar-refractivity contribution in [1.29, 1.82) is 0 Å². The number of benzene rings is 7. The molecule has 0 aliphatic heterocycles. The summed E-state index contributed by atoms with van der Waals surface area (Å²) in [5, 5.41) is 4.79. The van der Waals surface area contributed by atoms with Gasteiger partial charge in [-0.2, -0.15) is 0 Å². The predicted octanol–water partition coefficient (Wildman–Crippen LogP) is 12.4. The average Bonchev–Trinajstić information content (AvgIpc) is 3.65. The number of aryl methyl sites for hydroxylation is 2. The lowest BCUT2D eigenvalue weighted by Crippen LogP contribution is -2.10. The molecule has 3 heteroatoms. The lowest BCUT2D eigenvalue weighted by molar-refractivity contribution is 0.669. The first-order valence-corrected chi connectivity index (χ1v) is 16.1. The maximum atomic E-state index is 6.54. The molecule has 7 aromatic carbocycles. The molecule has 0 N–H and O–H groups in total. The molecule has 9 aromatic rings. The molecule has 0 saturated carbocycles. The van der Waals surface area contributed by atoms with Crippen molar-refractivity contribution >= 4 is 60.8 Å². The fourth-order valence-electron chi connectivity index (χ4n) is 7.15. The Kier molecular flexibility index (Phi) is 6.26. The van der Waals surface area contributed by atoms with Crippen LogP contribution in [-0.2, 0) is 0 Å². The van der Waals surface area contributed by atoms with Crippen molar-refractivity contribution in [1.82, 2.24) is 4.57 Å². The van der Waals surface area contributed by atoms with Crippen LogP contribution in [0, 0.1) is 13.8 Å². The van der Waals surface area contributed by atoms with Gasteiger partial charge >= 0.3 is 0 Å². The van der Waals surface area contributed by atoms with Crippen molar-refractivity contribution in [2.24, 2.45) is 0 Å². The standard InChI is InChI=1S/C44H32N2O/c1-29-22-24-40-37(26-29)38-27-30(2)23-25-41(38)46(40)39-19-8-6-16-34(39)31-12-10-15-33(28-31)45(32-13-4-3-5-14-32)42-20-11-18-36-35-17-7-9-21-43(35)47-44(36)42/h3-28H,1-2H3. The third kappa shape index (κ3) is 4.43. The van der Waals surface area contributed by atoms with Gasteiger partial charge < -0.3 is 13.9 Å². The molecule has 0 amide bonds. The second-order valence-electron chi connectivity index (χ2n) is 12.4. The Morgan fingerprint density at radius 1 is 0.489 bits per heavy atom. The summed E-state index contributed by atoms with van der Waals surface area (Å²) in [7, 11) is 0. The Morgan fingerprint density at radius 3 is 1.91 bits per heavy atom. The van der Waals surface area contributed by atoms with Crippen LogP contribution >= 0.6 is 0 Å². The molecule has 0 saturated heterocycles. The minimum absolute atomic E-state index is 0.874. The maximum absolute atomic E-state index is 6.54. The highest BCUT2D eigenvalue weighted by molar-refractivity contribution is 6.11. The number of fused-ring (bicyclic) bond motifs is 6. The summed E-state index contributed by atoms with van der Waals surface area (Å²) in [6.45, 7) is 4.34. The summed E-state index contributed by atoms with van der Waals surface area (Å²) < 4.78 is 8.97. The normalized spacial score (nSPS) is 11.6. The molecule has 47 heavy (non-hydrogen) atoms. The first kappa shape index (κ1) is 27.3. The second-order valence-corrected chi connectivity index (χ2v) is 12.4. The number of para-hydroxylation sites is 4. The number of nitrogens with zero attached hydrogens (tertiary/aromatic N) is 2. The van der Waals surface area contributed by atoms with E-state index in [-0.39, 0.29) is 0 Å². The molecule has 2 aromatic heterocycles. The topological polar surface area (TPSA) is 21.3 Å². The van der Waals surface area contributed by atoms with Crippen molar-refractivity contribution in [2.75, 3.05) is 4.90 Å². The van der Waals surface area contributed by atoms with Gasteiger partial charge in [0.15, 0.2) is 5.58 Å². The molecule has 9 rings (SSSR count).